The van der Waals surface area contributed by atoms with Crippen LogP contribution in [0.4, 0.5) is 9.59 Å². The maximum atomic E-state index is 12.6. The van der Waals surface area contributed by atoms with Crippen LogP contribution in [-0.2, 0) is 24.1 Å². The van der Waals surface area contributed by atoms with Crippen molar-refractivity contribution in [3.8, 4) is 17.2 Å². The van der Waals surface area contributed by atoms with E-state index < -0.39 is 5.97 Å². The largest absolute Gasteiger partial charge is 0.490 e. The summed E-state index contributed by atoms with van der Waals surface area (Å²) in [5.41, 5.74) is 6.99. The number of carboxylic acid groups (broad SMARTS) is 1. The number of hydrogen-bond acceptors (Lipinski definition) is 10. The van der Waals surface area contributed by atoms with Gasteiger partial charge in [-0.25, -0.2) is 9.59 Å². The Kier molecular flexibility index (Phi) is 15.0. The average Bonchev–Trinajstić information content (AvgIpc) is 3.79. The predicted octanol–water partition coefficient (Wildman–Crippen LogP) is 7.92. The second-order valence-electron chi connectivity index (χ2n) is 15.6. The Labute approximate surface area is 367 Å². The van der Waals surface area contributed by atoms with Gasteiger partial charge in [-0.2, -0.15) is 0 Å². The minimum atomic E-state index is -0.858. The molecule has 2 aliphatic rings. The van der Waals surface area contributed by atoms with Gasteiger partial charge < -0.3 is 34.0 Å². The van der Waals surface area contributed by atoms with Crippen molar-refractivity contribution in [3.05, 3.63) is 167 Å². The van der Waals surface area contributed by atoms with Crippen molar-refractivity contribution in [2.24, 2.45) is 0 Å². The number of carboxylic acids is 1. The van der Waals surface area contributed by atoms with E-state index in [1.54, 1.807) is 46.5 Å². The first kappa shape index (κ1) is 43.9. The summed E-state index contributed by atoms with van der Waals surface area (Å²) in [6, 6.07) is 36.0. The molecule has 0 bridgehead atoms. The first-order valence-corrected chi connectivity index (χ1v) is 21.2. The number of piperidine rings is 2. The highest BCUT2D eigenvalue weighted by Crippen LogP contribution is 2.23. The zero-order valence-electron chi connectivity index (χ0n) is 35.5. The van der Waals surface area contributed by atoms with Gasteiger partial charge in [-0.1, -0.05) is 48.5 Å². The van der Waals surface area contributed by atoms with E-state index in [4.69, 9.17) is 24.2 Å². The lowest BCUT2D eigenvalue weighted by molar-refractivity contribution is -0.136. The summed E-state index contributed by atoms with van der Waals surface area (Å²) in [5, 5.41) is 12.9. The van der Waals surface area contributed by atoms with Gasteiger partial charge in [0.1, 0.15) is 29.5 Å². The third-order valence-electron chi connectivity index (χ3n) is 10.6. The summed E-state index contributed by atoms with van der Waals surface area (Å²) in [4.78, 5) is 55.5. The quantitative estimate of drug-likeness (QED) is 0.128. The lowest BCUT2D eigenvalue weighted by Crippen LogP contribution is -2.44. The third kappa shape index (κ3) is 13.6. The molecule has 2 amide bonds. The van der Waals surface area contributed by atoms with Crippen LogP contribution in [0.1, 0.15) is 65.1 Å². The molecular weight excluding hydrogens is 801 g/mol. The van der Waals surface area contributed by atoms with Crippen molar-refractivity contribution in [3.63, 3.8) is 0 Å². The summed E-state index contributed by atoms with van der Waals surface area (Å²) in [6.07, 6.45) is 7.18. The van der Waals surface area contributed by atoms with Crippen molar-refractivity contribution >= 4 is 18.2 Å². The average molecular weight is 853 g/mol. The van der Waals surface area contributed by atoms with E-state index in [1.807, 2.05) is 105 Å². The number of amides is 2. The smallest absolute Gasteiger partial charge is 0.415 e. The Hall–Kier alpha value is -7.22. The molecule has 8 rings (SSSR count). The molecule has 0 aliphatic carbocycles. The summed E-state index contributed by atoms with van der Waals surface area (Å²) < 4.78 is 17.1. The molecule has 3 aromatic carbocycles. The Morgan fingerprint density at radius 3 is 1.49 bits per heavy atom. The zero-order valence-corrected chi connectivity index (χ0v) is 35.5. The number of rotatable bonds is 12. The van der Waals surface area contributed by atoms with Gasteiger partial charge in [-0.3, -0.25) is 14.8 Å². The molecule has 14 heteroatoms. The lowest BCUT2D eigenvalue weighted by Gasteiger charge is -2.31. The van der Waals surface area contributed by atoms with Gasteiger partial charge in [-0.05, 0) is 97.3 Å². The van der Waals surface area contributed by atoms with E-state index in [-0.39, 0.29) is 30.8 Å². The maximum absolute atomic E-state index is 12.6. The molecule has 6 aromatic rings. The molecule has 2 aliphatic heterocycles. The van der Waals surface area contributed by atoms with E-state index in [1.165, 1.54) is 4.85 Å². The van der Waals surface area contributed by atoms with E-state index in [0.29, 0.717) is 56.3 Å². The van der Waals surface area contributed by atoms with E-state index in [9.17, 15) is 14.4 Å². The molecule has 0 radical (unpaired) electrons. The van der Waals surface area contributed by atoms with Gasteiger partial charge in [0.25, 0.3) is 0 Å². The normalized spacial score (nSPS) is 14.3. The Morgan fingerprint density at radius 2 is 1.05 bits per heavy atom. The van der Waals surface area contributed by atoms with E-state index in [2.05, 4.69) is 15.1 Å². The number of nitrogens with zero attached hydrogens (tertiary/aromatic N) is 6. The number of aromatic nitrogens is 4. The first-order chi connectivity index (χ1) is 30.6. The number of aryl methyl sites for hydroxylation is 2. The highest BCUT2D eigenvalue weighted by Gasteiger charge is 2.27. The molecule has 0 saturated carbocycles. The Morgan fingerprint density at radius 1 is 0.587 bits per heavy atom. The monoisotopic (exact) mass is 852 g/mol. The number of pyridine rings is 2. The van der Waals surface area contributed by atoms with Crippen LogP contribution in [0, 0.1) is 13.8 Å². The van der Waals surface area contributed by atoms with Crippen molar-refractivity contribution in [2.45, 2.75) is 71.0 Å². The fourth-order valence-electron chi connectivity index (χ4n) is 7.32. The molecule has 5 heterocycles. The topological polar surface area (TPSA) is 158 Å². The number of carbonyl (C=O) groups is 3. The summed E-state index contributed by atoms with van der Waals surface area (Å²) in [5.74, 6) is 0.913. The highest BCUT2D eigenvalue weighted by molar-refractivity contribution is 5.71. The number of benzene rings is 3. The van der Waals surface area contributed by atoms with Gasteiger partial charge in [0, 0.05) is 87.5 Å². The van der Waals surface area contributed by atoms with Gasteiger partial charge in [-0.15, -0.1) is 9.94 Å². The molecular formula is C49H52N6O8. The molecule has 14 nitrogen and oxygen atoms in total. The van der Waals surface area contributed by atoms with Crippen LogP contribution >= 0.6 is 0 Å². The standard InChI is InChI=1S/C27H28N2O5.C22H24N4O3/c1-19-3-2-4-22(28-19)17-20-5-11-24(12-6-20)34-27(32)29-15-13-25(14-16-29)33-23-9-7-21(8-10-23)18-26(30)31;1-17-4-2-5-19(24-17)16-18-6-8-20(9-7-18)28-22(27)25-14-10-21(11-15-25)29-26-13-3-12-23-26/h2-12,25H,13-18H2,1H3,(H,30,31);2-9,12-13,21H,10-11,14-16H2,1H3. The third-order valence-corrected chi connectivity index (χ3v) is 10.6. The second-order valence-corrected chi connectivity index (χ2v) is 15.6. The molecule has 1 N–H and O–H groups in total. The van der Waals surface area contributed by atoms with Crippen LogP contribution in [0.15, 0.2) is 128 Å². The number of hydrogen-bond donors (Lipinski definition) is 1. The SMILES string of the molecule is Cc1cccc(Cc2ccc(OC(=O)N3CCC(Oc4ccc(CC(=O)O)cc4)CC3)cc2)n1.Cc1cccc(Cc2ccc(OC(=O)N3CCC(On4cccn4)CC3)cc2)n1. The number of ether oxygens (including phenoxy) is 3. The predicted molar refractivity (Wildman–Crippen MR) is 235 cm³/mol. The summed E-state index contributed by atoms with van der Waals surface area (Å²) in [6.45, 7) is 6.26. The van der Waals surface area contributed by atoms with Crippen molar-refractivity contribution in [1.82, 2.24) is 29.7 Å². The molecule has 326 valence electrons. The number of likely N-dealkylation sites (tertiary alicyclic amines) is 2. The first-order valence-electron chi connectivity index (χ1n) is 21.2. The fraction of sp³-hybridized carbons (Fsp3) is 0.306. The molecule has 0 spiro atoms. The molecule has 0 atom stereocenters. The number of aliphatic carboxylic acids is 1. The van der Waals surface area contributed by atoms with Crippen LogP contribution in [-0.4, -0.2) is 91.4 Å². The van der Waals surface area contributed by atoms with Crippen molar-refractivity contribution in [1.29, 1.82) is 0 Å². The van der Waals surface area contributed by atoms with Gasteiger partial charge >= 0.3 is 18.2 Å². The molecule has 2 saturated heterocycles. The Balaban J connectivity index is 0.000000191. The van der Waals surface area contributed by atoms with E-state index >= 15 is 0 Å². The highest BCUT2D eigenvalue weighted by atomic mass is 16.7. The van der Waals surface area contributed by atoms with Gasteiger partial charge in [0.15, 0.2) is 0 Å². The fourth-order valence-corrected chi connectivity index (χ4v) is 7.32. The van der Waals surface area contributed by atoms with Gasteiger partial charge in [0.05, 0.1) is 18.8 Å². The van der Waals surface area contributed by atoms with E-state index in [0.717, 1.165) is 65.1 Å². The Bertz CT molecular complexity index is 2390. The van der Waals surface area contributed by atoms with Gasteiger partial charge in [0.2, 0.25) is 0 Å². The summed E-state index contributed by atoms with van der Waals surface area (Å²) in [7, 11) is 0. The summed E-state index contributed by atoms with van der Waals surface area (Å²) >= 11 is 0. The molecule has 2 fully saturated rings. The maximum Gasteiger partial charge on any atom is 0.415 e. The van der Waals surface area contributed by atoms with Crippen molar-refractivity contribution < 1.29 is 38.5 Å². The molecule has 63 heavy (non-hydrogen) atoms. The second kappa shape index (κ2) is 21.5. The van der Waals surface area contributed by atoms with Crippen LogP contribution < -0.4 is 19.0 Å². The zero-order chi connectivity index (χ0) is 44.0. The minimum absolute atomic E-state index is 0.00360. The van der Waals surface area contributed by atoms with Crippen LogP contribution in [0.25, 0.3) is 0 Å². The minimum Gasteiger partial charge on any atom is -0.490 e. The van der Waals surface area contributed by atoms with Crippen molar-refractivity contribution in [2.75, 3.05) is 26.2 Å². The van der Waals surface area contributed by atoms with Crippen LogP contribution in [0.2, 0.25) is 0 Å². The number of carbonyl (C=O) groups excluding carboxylic acids is 2. The lowest BCUT2D eigenvalue weighted by atomic mass is 10.1. The van der Waals surface area contributed by atoms with Crippen LogP contribution in [0.3, 0.4) is 0 Å². The molecule has 0 unspecified atom stereocenters. The van der Waals surface area contributed by atoms with Crippen LogP contribution in [0.5, 0.6) is 17.2 Å². The molecule has 3 aromatic heterocycles.